The molecule has 0 aliphatic carbocycles. The van der Waals surface area contributed by atoms with E-state index in [-0.39, 0.29) is 5.04 Å². The molecule has 0 saturated carbocycles. The second-order valence-electron chi connectivity index (χ2n) is 12.2. The van der Waals surface area contributed by atoms with E-state index in [9.17, 15) is 4.79 Å². The molecular weight excluding hydrogens is 674 g/mol. The first-order valence-electron chi connectivity index (χ1n) is 14.8. The zero-order valence-electron chi connectivity index (χ0n) is 25.6. The number of alkyl halides is 1. The SMILES string of the molecule is CC1(C)O[C@@H](CCI)[C@@H](C(OC(=O)c2ccccc2)/C(F)=C\CCO[Si](c2ccccc2)(c2ccccc2)C(C)(C)C)O1. The van der Waals surface area contributed by atoms with Gasteiger partial charge in [-0.25, -0.2) is 9.18 Å². The van der Waals surface area contributed by atoms with Crippen LogP contribution in [0.5, 0.6) is 0 Å². The quantitative estimate of drug-likeness (QED) is 0.0645. The van der Waals surface area contributed by atoms with Crippen molar-refractivity contribution in [3.05, 3.63) is 108 Å². The van der Waals surface area contributed by atoms with E-state index in [0.29, 0.717) is 25.0 Å². The summed E-state index contributed by atoms with van der Waals surface area (Å²) >= 11 is 2.26. The van der Waals surface area contributed by atoms with Gasteiger partial charge in [-0.1, -0.05) is 122 Å². The fourth-order valence-electron chi connectivity index (χ4n) is 5.77. The lowest BCUT2D eigenvalue weighted by Gasteiger charge is -2.43. The molecule has 4 rings (SSSR count). The third-order valence-corrected chi connectivity index (χ3v) is 13.3. The number of rotatable bonds is 12. The standard InChI is InChI=1S/C35H42FIO5Si/c1-34(2,3)43(27-18-11-7-12-19-27,28-20-13-8-14-21-28)39-25-15-22-29(36)31(40-33(38)26-16-9-6-10-17-26)32-30(23-24-37)41-35(4,5)42-32/h6-14,16-22,30-32H,15,23-25H2,1-5H3/b29-22+/t30-,31?,32-/m0/s1. The number of hydrogen-bond acceptors (Lipinski definition) is 5. The number of ether oxygens (including phenoxy) is 3. The zero-order valence-corrected chi connectivity index (χ0v) is 28.8. The molecule has 3 aromatic carbocycles. The fraction of sp³-hybridized carbons (Fsp3) is 0.400. The summed E-state index contributed by atoms with van der Waals surface area (Å²) in [6.07, 6.45) is -0.0621. The fourth-order valence-corrected chi connectivity index (χ4v) is 11.0. The average Bonchev–Trinajstić information content (AvgIpc) is 3.30. The summed E-state index contributed by atoms with van der Waals surface area (Å²) < 4.78 is 41.9. The van der Waals surface area contributed by atoms with Crippen molar-refractivity contribution in [3.63, 3.8) is 0 Å². The molecule has 1 fully saturated rings. The Hall–Kier alpha value is -2.37. The minimum absolute atomic E-state index is 0.195. The summed E-state index contributed by atoms with van der Waals surface area (Å²) in [5, 5.41) is 2.13. The van der Waals surface area contributed by atoms with Gasteiger partial charge in [-0.05, 0) is 60.3 Å². The summed E-state index contributed by atoms with van der Waals surface area (Å²) in [5.74, 6) is -2.11. The summed E-state index contributed by atoms with van der Waals surface area (Å²) in [6.45, 7) is 10.5. The Balaban J connectivity index is 1.61. The molecule has 3 atom stereocenters. The van der Waals surface area contributed by atoms with E-state index < -0.39 is 44.2 Å². The Morgan fingerprint density at radius 1 is 0.953 bits per heavy atom. The largest absolute Gasteiger partial charge is 0.449 e. The van der Waals surface area contributed by atoms with E-state index in [4.69, 9.17) is 18.6 Å². The number of halogens is 2. The van der Waals surface area contributed by atoms with E-state index in [0.717, 1.165) is 14.8 Å². The van der Waals surface area contributed by atoms with E-state index in [2.05, 4.69) is 67.6 Å². The second kappa shape index (κ2) is 14.6. The molecule has 230 valence electrons. The number of benzene rings is 3. The highest BCUT2D eigenvalue weighted by Crippen LogP contribution is 2.38. The van der Waals surface area contributed by atoms with Crippen molar-refractivity contribution >= 4 is 47.3 Å². The highest BCUT2D eigenvalue weighted by Gasteiger charge is 2.50. The molecular formula is C35H42FIO5Si. The van der Waals surface area contributed by atoms with Crippen molar-refractivity contribution in [1.82, 2.24) is 0 Å². The van der Waals surface area contributed by atoms with Crippen LogP contribution < -0.4 is 10.4 Å². The Bertz CT molecular complexity index is 1310. The molecule has 1 aliphatic rings. The van der Waals surface area contributed by atoms with Crippen LogP contribution in [0.3, 0.4) is 0 Å². The van der Waals surface area contributed by atoms with Gasteiger partial charge < -0.3 is 18.6 Å². The lowest BCUT2D eigenvalue weighted by atomic mass is 10.0. The zero-order chi connectivity index (χ0) is 31.1. The lowest BCUT2D eigenvalue weighted by molar-refractivity contribution is -0.154. The van der Waals surface area contributed by atoms with Crippen LogP contribution in [0.4, 0.5) is 4.39 Å². The first kappa shape index (κ1) is 33.5. The van der Waals surface area contributed by atoms with Crippen LogP contribution >= 0.6 is 22.6 Å². The van der Waals surface area contributed by atoms with Gasteiger partial charge in [-0.2, -0.15) is 0 Å². The molecule has 1 heterocycles. The highest BCUT2D eigenvalue weighted by molar-refractivity contribution is 14.1. The van der Waals surface area contributed by atoms with Crippen molar-refractivity contribution < 1.29 is 27.8 Å². The van der Waals surface area contributed by atoms with Crippen molar-refractivity contribution in [1.29, 1.82) is 0 Å². The first-order chi connectivity index (χ1) is 20.5. The summed E-state index contributed by atoms with van der Waals surface area (Å²) in [7, 11) is -2.77. The number of carbonyl (C=O) groups is 1. The smallest absolute Gasteiger partial charge is 0.338 e. The van der Waals surface area contributed by atoms with E-state index >= 15 is 4.39 Å². The molecule has 0 bridgehead atoms. The van der Waals surface area contributed by atoms with E-state index in [1.165, 1.54) is 6.08 Å². The van der Waals surface area contributed by atoms with Gasteiger partial charge >= 0.3 is 5.97 Å². The molecule has 0 spiro atoms. The van der Waals surface area contributed by atoms with Gasteiger partial charge in [0, 0.05) is 11.0 Å². The van der Waals surface area contributed by atoms with Crippen LogP contribution in [0, 0.1) is 0 Å². The van der Waals surface area contributed by atoms with Crippen LogP contribution in [-0.2, 0) is 18.6 Å². The molecule has 43 heavy (non-hydrogen) atoms. The molecule has 1 aliphatic heterocycles. The summed E-state index contributed by atoms with van der Waals surface area (Å²) in [6, 6.07) is 29.3. The number of esters is 1. The third kappa shape index (κ3) is 8.02. The molecule has 3 aromatic rings. The van der Waals surface area contributed by atoms with Crippen molar-refractivity contribution in [2.24, 2.45) is 0 Å². The predicted octanol–water partition coefficient (Wildman–Crippen LogP) is 7.38. The maximum Gasteiger partial charge on any atom is 0.338 e. The molecule has 0 N–H and O–H groups in total. The van der Waals surface area contributed by atoms with Crippen LogP contribution in [-0.4, -0.2) is 49.4 Å². The predicted molar refractivity (Wildman–Crippen MR) is 180 cm³/mol. The Morgan fingerprint density at radius 2 is 1.49 bits per heavy atom. The van der Waals surface area contributed by atoms with Gasteiger partial charge in [-0.15, -0.1) is 0 Å². The number of hydrogen-bond donors (Lipinski definition) is 0. The molecule has 0 radical (unpaired) electrons. The molecule has 1 unspecified atom stereocenters. The van der Waals surface area contributed by atoms with Gasteiger partial charge in [0.25, 0.3) is 8.32 Å². The molecule has 1 saturated heterocycles. The van der Waals surface area contributed by atoms with Crippen LogP contribution in [0.15, 0.2) is 103 Å². The van der Waals surface area contributed by atoms with Crippen molar-refractivity contribution in [3.8, 4) is 0 Å². The minimum Gasteiger partial charge on any atom is -0.449 e. The number of carbonyl (C=O) groups excluding carboxylic acids is 1. The molecule has 0 aromatic heterocycles. The molecule has 0 amide bonds. The van der Waals surface area contributed by atoms with E-state index in [1.54, 1.807) is 38.1 Å². The first-order valence-corrected chi connectivity index (χ1v) is 18.2. The normalized spacial score (nSPS) is 19.7. The van der Waals surface area contributed by atoms with Gasteiger partial charge in [0.05, 0.1) is 11.7 Å². The van der Waals surface area contributed by atoms with E-state index in [1.807, 2.05) is 42.5 Å². The van der Waals surface area contributed by atoms with Gasteiger partial charge in [0.15, 0.2) is 11.9 Å². The highest BCUT2D eigenvalue weighted by atomic mass is 127. The molecule has 8 heteroatoms. The van der Waals surface area contributed by atoms with Crippen LogP contribution in [0.25, 0.3) is 0 Å². The topological polar surface area (TPSA) is 54.0 Å². The Kier molecular flexibility index (Phi) is 11.4. The maximum absolute atomic E-state index is 16.2. The van der Waals surface area contributed by atoms with Crippen molar-refractivity contribution in [2.45, 2.75) is 76.6 Å². The monoisotopic (exact) mass is 716 g/mol. The summed E-state index contributed by atoms with van der Waals surface area (Å²) in [4.78, 5) is 13.1. The third-order valence-electron chi connectivity index (χ3n) is 7.62. The molecule has 5 nitrogen and oxygen atoms in total. The Labute approximate surface area is 270 Å². The van der Waals surface area contributed by atoms with Crippen LogP contribution in [0.1, 0.15) is 57.8 Å². The van der Waals surface area contributed by atoms with Gasteiger partial charge in [-0.3, -0.25) is 0 Å². The Morgan fingerprint density at radius 3 is 2.00 bits per heavy atom. The van der Waals surface area contributed by atoms with Gasteiger partial charge in [0.1, 0.15) is 11.9 Å². The lowest BCUT2D eigenvalue weighted by Crippen LogP contribution is -2.66. The van der Waals surface area contributed by atoms with Crippen molar-refractivity contribution in [2.75, 3.05) is 11.0 Å². The average molecular weight is 717 g/mol. The maximum atomic E-state index is 16.2. The second-order valence-corrected chi connectivity index (χ2v) is 17.6. The minimum atomic E-state index is -2.77. The van der Waals surface area contributed by atoms with Crippen LogP contribution in [0.2, 0.25) is 5.04 Å². The van der Waals surface area contributed by atoms with Gasteiger partial charge in [0.2, 0.25) is 0 Å². The summed E-state index contributed by atoms with van der Waals surface area (Å²) in [5.41, 5.74) is 0.346.